The van der Waals surface area contributed by atoms with Gasteiger partial charge < -0.3 is 10.6 Å². The molecule has 0 spiro atoms. The minimum atomic E-state index is -0.362. The third-order valence-electron chi connectivity index (χ3n) is 3.48. The van der Waals surface area contributed by atoms with Gasteiger partial charge in [-0.3, -0.25) is 9.59 Å². The SMILES string of the molecule is O=C(S)CC(=O)CCCC[C@@H]1SC[C@@H]2NC(=O)N[C@@H]21. The number of ketones is 1. The molecule has 19 heavy (non-hydrogen) atoms. The molecule has 5 nitrogen and oxygen atoms in total. The number of rotatable bonds is 7. The topological polar surface area (TPSA) is 75.3 Å². The van der Waals surface area contributed by atoms with Gasteiger partial charge in [-0.1, -0.05) is 6.42 Å². The highest BCUT2D eigenvalue weighted by Crippen LogP contribution is 2.33. The van der Waals surface area contributed by atoms with Crippen molar-refractivity contribution in [3.05, 3.63) is 0 Å². The van der Waals surface area contributed by atoms with Crippen LogP contribution < -0.4 is 10.6 Å². The molecule has 2 N–H and O–H groups in total. The van der Waals surface area contributed by atoms with Gasteiger partial charge in [0.1, 0.15) is 5.78 Å². The van der Waals surface area contributed by atoms with Gasteiger partial charge in [-0.2, -0.15) is 11.8 Å². The highest BCUT2D eigenvalue weighted by molar-refractivity contribution is 8.00. The summed E-state index contributed by atoms with van der Waals surface area (Å²) in [4.78, 5) is 33.2. The van der Waals surface area contributed by atoms with Crippen molar-refractivity contribution in [3.8, 4) is 0 Å². The van der Waals surface area contributed by atoms with E-state index in [1.165, 1.54) is 0 Å². The molecule has 2 fully saturated rings. The lowest BCUT2D eigenvalue weighted by atomic mass is 10.0. The van der Waals surface area contributed by atoms with E-state index in [0.717, 1.165) is 25.0 Å². The Morgan fingerprint density at radius 3 is 2.84 bits per heavy atom. The van der Waals surface area contributed by atoms with Crippen LogP contribution in [-0.4, -0.2) is 40.0 Å². The first-order valence-electron chi connectivity index (χ1n) is 6.48. The molecular weight excluding hydrogens is 284 g/mol. The number of urea groups is 1. The number of amides is 2. The lowest BCUT2D eigenvalue weighted by Gasteiger charge is -2.16. The van der Waals surface area contributed by atoms with Gasteiger partial charge in [0.25, 0.3) is 0 Å². The Balaban J connectivity index is 1.63. The van der Waals surface area contributed by atoms with E-state index in [0.29, 0.717) is 11.7 Å². The number of hydrogen-bond donors (Lipinski definition) is 3. The number of thiol groups is 1. The van der Waals surface area contributed by atoms with Crippen LogP contribution in [-0.2, 0) is 9.59 Å². The van der Waals surface area contributed by atoms with Gasteiger partial charge in [0.15, 0.2) is 5.12 Å². The van der Waals surface area contributed by atoms with E-state index < -0.39 is 0 Å². The van der Waals surface area contributed by atoms with Crippen LogP contribution in [0.3, 0.4) is 0 Å². The molecule has 0 aromatic rings. The summed E-state index contributed by atoms with van der Waals surface area (Å²) in [6.45, 7) is 0. The van der Waals surface area contributed by atoms with E-state index in [4.69, 9.17) is 0 Å². The second-order valence-electron chi connectivity index (χ2n) is 4.98. The molecule has 2 aliphatic rings. The Labute approximate surface area is 122 Å². The molecule has 0 radical (unpaired) electrons. The first-order valence-corrected chi connectivity index (χ1v) is 7.98. The molecule has 7 heteroatoms. The second kappa shape index (κ2) is 6.65. The molecule has 3 atom stereocenters. The number of hydrogen-bond acceptors (Lipinski definition) is 4. The fourth-order valence-electron chi connectivity index (χ4n) is 2.57. The maximum absolute atomic E-state index is 11.3. The van der Waals surface area contributed by atoms with Gasteiger partial charge in [0.2, 0.25) is 0 Å². The fraction of sp³-hybridized carbons (Fsp3) is 0.750. The van der Waals surface area contributed by atoms with Gasteiger partial charge >= 0.3 is 6.03 Å². The van der Waals surface area contributed by atoms with Crippen LogP contribution in [0.2, 0.25) is 0 Å². The summed E-state index contributed by atoms with van der Waals surface area (Å²) in [6, 6.07) is 0.418. The Bertz CT molecular complexity index is 389. The molecule has 0 unspecified atom stereocenters. The van der Waals surface area contributed by atoms with Crippen LogP contribution in [0.15, 0.2) is 0 Å². The number of carbonyl (C=O) groups is 3. The summed E-state index contributed by atoms with van der Waals surface area (Å²) < 4.78 is 0. The molecule has 106 valence electrons. The Morgan fingerprint density at radius 1 is 1.32 bits per heavy atom. The third kappa shape index (κ3) is 4.14. The van der Waals surface area contributed by atoms with E-state index in [9.17, 15) is 14.4 Å². The summed E-state index contributed by atoms with van der Waals surface area (Å²) in [6.07, 6.45) is 3.13. The summed E-state index contributed by atoms with van der Waals surface area (Å²) in [5.74, 6) is 0.925. The minimum absolute atomic E-state index is 0.0345. The largest absolute Gasteiger partial charge is 0.332 e. The lowest BCUT2D eigenvalue weighted by molar-refractivity contribution is -0.123. The van der Waals surface area contributed by atoms with Gasteiger partial charge in [0, 0.05) is 17.4 Å². The van der Waals surface area contributed by atoms with Crippen LogP contribution in [0.25, 0.3) is 0 Å². The van der Waals surface area contributed by atoms with Crippen LogP contribution in [0.5, 0.6) is 0 Å². The molecule has 0 aromatic carbocycles. The predicted molar refractivity (Wildman–Crippen MR) is 77.6 cm³/mol. The van der Waals surface area contributed by atoms with Crippen molar-refractivity contribution in [1.29, 1.82) is 0 Å². The molecule has 2 heterocycles. The number of Topliss-reactive ketones (excluding diaryl/α,β-unsaturated/α-hetero) is 1. The van der Waals surface area contributed by atoms with Gasteiger partial charge in [-0.05, 0) is 12.8 Å². The first kappa shape index (κ1) is 14.7. The molecule has 2 aliphatic heterocycles. The Morgan fingerprint density at radius 2 is 2.11 bits per heavy atom. The maximum Gasteiger partial charge on any atom is 0.315 e. The lowest BCUT2D eigenvalue weighted by Crippen LogP contribution is -2.36. The average Bonchev–Trinajstić information content (AvgIpc) is 2.83. The monoisotopic (exact) mass is 302 g/mol. The normalized spacial score (nSPS) is 28.7. The Kier molecular flexibility index (Phi) is 5.15. The molecule has 0 aliphatic carbocycles. The zero-order valence-electron chi connectivity index (χ0n) is 10.6. The highest BCUT2D eigenvalue weighted by Gasteiger charge is 2.42. The molecule has 2 amide bonds. The van der Waals surface area contributed by atoms with Crippen molar-refractivity contribution >= 4 is 41.3 Å². The average molecular weight is 302 g/mol. The maximum atomic E-state index is 11.3. The van der Waals surface area contributed by atoms with Gasteiger partial charge in [0.05, 0.1) is 18.5 Å². The van der Waals surface area contributed by atoms with Crippen molar-refractivity contribution in [1.82, 2.24) is 10.6 Å². The smallest absolute Gasteiger partial charge is 0.315 e. The molecule has 2 rings (SSSR count). The van der Waals surface area contributed by atoms with Crippen molar-refractivity contribution in [2.75, 3.05) is 5.75 Å². The van der Waals surface area contributed by atoms with E-state index in [2.05, 4.69) is 23.3 Å². The number of unbranched alkanes of at least 4 members (excludes halogenated alkanes) is 1. The van der Waals surface area contributed by atoms with Crippen LogP contribution in [0.4, 0.5) is 4.79 Å². The van der Waals surface area contributed by atoms with Crippen molar-refractivity contribution < 1.29 is 14.4 Å². The van der Waals surface area contributed by atoms with Crippen LogP contribution in [0, 0.1) is 0 Å². The summed E-state index contributed by atoms with van der Waals surface area (Å²) in [5, 5.41) is 5.93. The second-order valence-corrected chi connectivity index (χ2v) is 6.75. The van der Waals surface area contributed by atoms with E-state index in [1.807, 2.05) is 11.8 Å². The van der Waals surface area contributed by atoms with Crippen molar-refractivity contribution in [2.24, 2.45) is 0 Å². The molecule has 2 saturated heterocycles. The molecule has 0 aromatic heterocycles. The molecule has 0 saturated carbocycles. The number of fused-ring (bicyclic) bond motifs is 1. The van der Waals surface area contributed by atoms with Gasteiger partial charge in [-0.15, -0.1) is 12.6 Å². The number of carbonyl (C=O) groups excluding carboxylic acids is 3. The van der Waals surface area contributed by atoms with Crippen molar-refractivity contribution in [3.63, 3.8) is 0 Å². The highest BCUT2D eigenvalue weighted by atomic mass is 32.2. The summed E-state index contributed by atoms with van der Waals surface area (Å²) in [5.41, 5.74) is 0. The van der Waals surface area contributed by atoms with E-state index in [-0.39, 0.29) is 35.4 Å². The molecule has 0 bridgehead atoms. The zero-order chi connectivity index (χ0) is 13.8. The number of thioether (sulfide) groups is 1. The summed E-state index contributed by atoms with van der Waals surface area (Å²) >= 11 is 5.47. The zero-order valence-corrected chi connectivity index (χ0v) is 12.3. The first-order chi connectivity index (χ1) is 9.06. The number of nitrogens with one attached hydrogen (secondary N) is 2. The fourth-order valence-corrected chi connectivity index (χ4v) is 4.29. The standard InChI is InChI=1S/C12H18N2O3S2/c15-7(5-10(16)18)3-1-2-4-9-11-8(6-19-9)13-12(17)14-11/h8-9,11H,1-6H2,(H,16,18)(H2,13,14,17)/t8-,9-,11-/m0/s1. The Hall–Kier alpha value is -0.690. The van der Waals surface area contributed by atoms with Crippen LogP contribution in [0.1, 0.15) is 32.1 Å². The quantitative estimate of drug-likeness (QED) is 0.285. The van der Waals surface area contributed by atoms with E-state index in [1.54, 1.807) is 0 Å². The van der Waals surface area contributed by atoms with Crippen LogP contribution >= 0.6 is 24.4 Å². The van der Waals surface area contributed by atoms with Crippen molar-refractivity contribution in [2.45, 2.75) is 49.4 Å². The third-order valence-corrected chi connectivity index (χ3v) is 5.15. The van der Waals surface area contributed by atoms with E-state index >= 15 is 0 Å². The van der Waals surface area contributed by atoms with Gasteiger partial charge in [-0.25, -0.2) is 4.79 Å². The minimum Gasteiger partial charge on any atom is -0.332 e. The summed E-state index contributed by atoms with van der Waals surface area (Å²) in [7, 11) is 0. The predicted octanol–water partition coefficient (Wildman–Crippen LogP) is 1.13. The molecular formula is C12H18N2O3S2.